The van der Waals surface area contributed by atoms with Crippen molar-refractivity contribution in [2.45, 2.75) is 0 Å². The molecule has 6 nitrogen and oxygen atoms in total. The molecule has 3 aliphatic heterocycles. The lowest BCUT2D eigenvalue weighted by atomic mass is 9.19. The third kappa shape index (κ3) is 2.59. The number of nitrogens with one attached hydrogen (secondary N) is 1. The maximum absolute atomic E-state index is 3.95. The molecule has 2 atom stereocenters. The van der Waals surface area contributed by atoms with Crippen LogP contribution in [-0.4, -0.2) is 26.3 Å². The van der Waals surface area contributed by atoms with Crippen LogP contribution in [0.5, 0.6) is 0 Å². The van der Waals surface area contributed by atoms with E-state index in [0.29, 0.717) is 0 Å². The minimum Gasteiger partial charge on any atom is -0.495 e. The predicted octanol–water partition coefficient (Wildman–Crippen LogP) is 1.43. The van der Waals surface area contributed by atoms with Gasteiger partial charge in [-0.25, -0.2) is 0 Å². The fourth-order valence-corrected chi connectivity index (χ4v) is 8.67. The Bertz CT molecular complexity index is 2150. The Labute approximate surface area is 244 Å². The van der Waals surface area contributed by atoms with Crippen molar-refractivity contribution in [3.63, 3.8) is 0 Å². The van der Waals surface area contributed by atoms with Crippen LogP contribution in [-0.2, 0) is 14.1 Å². The van der Waals surface area contributed by atoms with Gasteiger partial charge in [0.25, 0.3) is 0 Å². The number of rotatable bonds is 4. The number of aromatic nitrogens is 5. The molecular weight excluding hydrogens is 514 g/mol. The van der Waals surface area contributed by atoms with Crippen molar-refractivity contribution >= 4 is 62.9 Å². The molecule has 2 bridgehead atoms. The van der Waals surface area contributed by atoms with Crippen molar-refractivity contribution in [1.82, 2.24) is 13.6 Å². The summed E-state index contributed by atoms with van der Waals surface area (Å²) in [6, 6.07) is 41.7. The summed E-state index contributed by atoms with van der Waals surface area (Å²) in [5.41, 5.74) is 9.91. The second kappa shape index (κ2) is 8.17. The second-order valence-corrected chi connectivity index (χ2v) is 11.9. The monoisotopic (exact) mass is 544 g/mol. The van der Waals surface area contributed by atoms with E-state index in [-0.39, 0.29) is 0 Å². The van der Waals surface area contributed by atoms with Crippen molar-refractivity contribution in [1.29, 1.82) is 0 Å². The zero-order chi connectivity index (χ0) is 28.1. The van der Waals surface area contributed by atoms with Crippen LogP contribution in [0.3, 0.4) is 0 Å². The van der Waals surface area contributed by atoms with Crippen LogP contribution in [0.2, 0.25) is 0 Å². The minimum atomic E-state index is -1.68. The van der Waals surface area contributed by atoms with Gasteiger partial charge in [-0.1, -0.05) is 103 Å². The van der Waals surface area contributed by atoms with Crippen LogP contribution in [0.25, 0.3) is 10.9 Å². The van der Waals surface area contributed by atoms with E-state index in [2.05, 4.69) is 182 Å². The van der Waals surface area contributed by atoms with Gasteiger partial charge in [-0.2, -0.15) is 0 Å². The van der Waals surface area contributed by atoms with Crippen molar-refractivity contribution in [2.24, 2.45) is 14.1 Å². The number of aryl methyl sites for hydroxylation is 2. The molecule has 0 saturated carbocycles. The molecule has 8 heteroatoms. The fraction of sp³-hybridized carbons (Fsp3) is 0.0588. The van der Waals surface area contributed by atoms with E-state index in [1.54, 1.807) is 0 Å². The molecule has 0 aliphatic carbocycles. The molecule has 0 fully saturated rings. The van der Waals surface area contributed by atoms with E-state index < -0.39 is 12.7 Å². The first-order valence-corrected chi connectivity index (χ1v) is 14.7. The number of nitrogens with zero attached hydrogens (tertiary/aromatic N) is 5. The molecule has 3 aromatic heterocycles. The van der Waals surface area contributed by atoms with Gasteiger partial charge in [-0.05, 0) is 18.2 Å². The first-order valence-electron chi connectivity index (χ1n) is 14.7. The van der Waals surface area contributed by atoms with Gasteiger partial charge < -0.3 is 18.8 Å². The average Bonchev–Trinajstić information content (AvgIpc) is 3.75. The highest BCUT2D eigenvalue weighted by Gasteiger charge is 2.66. The number of hydrogen-bond acceptors (Lipinski definition) is 1. The largest absolute Gasteiger partial charge is 0.495 e. The van der Waals surface area contributed by atoms with E-state index in [0.717, 1.165) is 11.4 Å². The van der Waals surface area contributed by atoms with E-state index in [4.69, 9.17) is 0 Å². The lowest BCUT2D eigenvalue weighted by Crippen LogP contribution is -3.11. The summed E-state index contributed by atoms with van der Waals surface area (Å²) >= 11 is 0. The van der Waals surface area contributed by atoms with Gasteiger partial charge in [-0.15, -0.1) is 10.9 Å². The SMILES string of the molecule is Cn1cc[n+]2c1[B@-]1(c3ccccc3)n3c(c(Nc4ccccc4)c4ccccc43)[B@@-]2(c2ccccc2)c2n(C)cc[n+]21. The van der Waals surface area contributed by atoms with Gasteiger partial charge in [0.1, 0.15) is 18.1 Å². The van der Waals surface area contributed by atoms with Crippen LogP contribution in [0.1, 0.15) is 0 Å². The first-order chi connectivity index (χ1) is 20.7. The van der Waals surface area contributed by atoms with Gasteiger partial charge in [0.15, 0.2) is 0 Å². The van der Waals surface area contributed by atoms with Crippen LogP contribution in [0, 0.1) is 0 Å². The standard InChI is InChI=1S/C34H30B2N6/c1-38-23-25-41-33(38)35(26-14-6-3-7-15-26)32-31(37-28-18-10-5-11-19-28)29-20-12-13-21-30(29)42(32)36(41,27-16-8-4-9-17-27)34-39(2)22-24-40(34)35/h3-25,37H,1-2H3/t35-,36-/m0/s1. The Kier molecular flexibility index (Phi) is 4.56. The topological polar surface area (TPSA) is 34.6 Å². The maximum Gasteiger partial charge on any atom is 0.415 e. The van der Waals surface area contributed by atoms with Gasteiger partial charge >= 0.3 is 12.7 Å². The molecule has 7 aromatic rings. The normalized spacial score (nSPS) is 19.9. The van der Waals surface area contributed by atoms with E-state index in [9.17, 15) is 0 Å². The van der Waals surface area contributed by atoms with Crippen LogP contribution < -0.4 is 42.2 Å². The number of para-hydroxylation sites is 2. The molecule has 0 radical (unpaired) electrons. The molecule has 0 spiro atoms. The lowest BCUT2D eigenvalue weighted by molar-refractivity contribution is -0.583. The second-order valence-electron chi connectivity index (χ2n) is 11.9. The Hall–Kier alpha value is -5.23. The summed E-state index contributed by atoms with van der Waals surface area (Å²) in [6.45, 7) is 0. The summed E-state index contributed by atoms with van der Waals surface area (Å²) in [7, 11) is 4.40. The molecule has 0 amide bonds. The molecule has 1 N–H and O–H groups in total. The van der Waals surface area contributed by atoms with Crippen molar-refractivity contribution < 1.29 is 8.96 Å². The highest BCUT2D eigenvalue weighted by Crippen LogP contribution is 2.33. The maximum atomic E-state index is 3.95. The number of fused-ring (bicyclic) bond motifs is 1. The van der Waals surface area contributed by atoms with Crippen LogP contribution in [0.15, 0.2) is 140 Å². The number of hydrogen-bond donors (Lipinski definition) is 1. The number of imidazole rings is 2. The van der Waals surface area contributed by atoms with Crippen LogP contribution in [0.4, 0.5) is 11.4 Å². The fourth-order valence-electron chi connectivity index (χ4n) is 8.67. The third-order valence-corrected chi connectivity index (χ3v) is 10.0. The number of anilines is 2. The Morgan fingerprint density at radius 2 is 1.17 bits per heavy atom. The van der Waals surface area contributed by atoms with Gasteiger partial charge in [0.2, 0.25) is 0 Å². The highest BCUT2D eigenvalue weighted by atomic mass is 15.3. The molecule has 6 heterocycles. The van der Waals surface area contributed by atoms with E-state index >= 15 is 0 Å². The van der Waals surface area contributed by atoms with Gasteiger partial charge in [0.05, 0.1) is 32.2 Å². The van der Waals surface area contributed by atoms with Gasteiger partial charge in [0, 0.05) is 22.3 Å². The van der Waals surface area contributed by atoms with Crippen molar-refractivity contribution in [3.8, 4) is 0 Å². The molecule has 0 unspecified atom stereocenters. The summed E-state index contributed by atoms with van der Waals surface area (Å²) in [5.74, 6) is 0. The molecule has 3 aliphatic rings. The van der Waals surface area contributed by atoms with Crippen molar-refractivity contribution in [2.75, 3.05) is 5.32 Å². The minimum absolute atomic E-state index is 1.08. The van der Waals surface area contributed by atoms with E-state index in [1.165, 1.54) is 38.9 Å². The number of benzene rings is 4. The highest BCUT2D eigenvalue weighted by molar-refractivity contribution is 7.11. The van der Waals surface area contributed by atoms with Crippen molar-refractivity contribution in [3.05, 3.63) is 140 Å². The average molecular weight is 544 g/mol. The Balaban J connectivity index is 1.57. The van der Waals surface area contributed by atoms with E-state index in [1.807, 2.05) is 0 Å². The summed E-state index contributed by atoms with van der Waals surface area (Å²) in [5, 5.41) is 5.17. The lowest BCUT2D eigenvalue weighted by Gasteiger charge is -2.58. The Morgan fingerprint density at radius 1 is 0.595 bits per heavy atom. The first kappa shape index (κ1) is 23.5. The predicted molar refractivity (Wildman–Crippen MR) is 172 cm³/mol. The molecule has 42 heavy (non-hydrogen) atoms. The summed E-state index contributed by atoms with van der Waals surface area (Å²) < 4.78 is 12.6. The van der Waals surface area contributed by atoms with Gasteiger partial charge in [-0.3, -0.25) is 9.13 Å². The Morgan fingerprint density at radius 3 is 1.88 bits per heavy atom. The van der Waals surface area contributed by atoms with Crippen LogP contribution >= 0.6 is 0 Å². The summed E-state index contributed by atoms with van der Waals surface area (Å²) in [6.07, 6.45) is 5.73. The third-order valence-electron chi connectivity index (χ3n) is 10.0. The molecule has 202 valence electrons. The molecule has 10 rings (SSSR count). The summed E-state index contributed by atoms with van der Waals surface area (Å²) in [4.78, 5) is 0. The molecular formula is C34H30B2N6. The zero-order valence-corrected chi connectivity index (χ0v) is 23.7. The zero-order valence-electron chi connectivity index (χ0n) is 23.7. The molecule has 0 saturated heterocycles. The smallest absolute Gasteiger partial charge is 0.415 e. The quantitative estimate of drug-likeness (QED) is 0.335. The molecule has 4 aromatic carbocycles.